The number of allylic oxidation sites excluding steroid dienone is 6. The molecule has 3 heteroatoms. The van der Waals surface area contributed by atoms with Crippen LogP contribution in [0.3, 0.4) is 0 Å². The lowest BCUT2D eigenvalue weighted by Crippen LogP contribution is -2.09. The molecule has 0 aromatic heterocycles. The maximum absolute atomic E-state index is 10.9. The predicted molar refractivity (Wildman–Crippen MR) is 113 cm³/mol. The van der Waals surface area contributed by atoms with Crippen LogP contribution in [0.15, 0.2) is 78.4 Å². The van der Waals surface area contributed by atoms with E-state index in [0.717, 1.165) is 12.1 Å². The van der Waals surface area contributed by atoms with Gasteiger partial charge in [0.1, 0.15) is 0 Å². The highest BCUT2D eigenvalue weighted by atomic mass is 79.9. The third-order valence-corrected chi connectivity index (χ3v) is 4.14. The molecule has 0 fully saturated rings. The van der Waals surface area contributed by atoms with Crippen LogP contribution in [0.2, 0.25) is 0 Å². The summed E-state index contributed by atoms with van der Waals surface area (Å²) in [5.74, 6) is 0.00911. The Morgan fingerprint density at radius 3 is 2.68 bits per heavy atom. The van der Waals surface area contributed by atoms with Gasteiger partial charge in [-0.15, -0.1) is 0 Å². The van der Waals surface area contributed by atoms with E-state index >= 15 is 0 Å². The van der Waals surface area contributed by atoms with Gasteiger partial charge in [-0.1, -0.05) is 89.3 Å². The van der Waals surface area contributed by atoms with Crippen molar-refractivity contribution in [1.29, 1.82) is 0 Å². The van der Waals surface area contributed by atoms with Gasteiger partial charge < -0.3 is 5.32 Å². The smallest absolute Gasteiger partial charge is 0.159 e. The summed E-state index contributed by atoms with van der Waals surface area (Å²) in [5.41, 5.74) is 4.17. The van der Waals surface area contributed by atoms with E-state index in [9.17, 15) is 4.79 Å². The number of hydrogen-bond donors (Lipinski definition) is 1. The van der Waals surface area contributed by atoms with Crippen LogP contribution in [-0.2, 0) is 4.79 Å². The average Bonchev–Trinajstić information content (AvgIpc) is 2.78. The third kappa shape index (κ3) is 8.62. The molecule has 1 N–H and O–H groups in total. The van der Waals surface area contributed by atoms with Gasteiger partial charge in [0.25, 0.3) is 0 Å². The molecule has 132 valence electrons. The molecule has 0 saturated heterocycles. The molecule has 0 heterocycles. The van der Waals surface area contributed by atoms with E-state index in [-0.39, 0.29) is 5.78 Å². The predicted octanol–water partition coefficient (Wildman–Crippen LogP) is 5.18. The number of hydrogen-bond acceptors (Lipinski definition) is 2. The molecule has 0 spiro atoms. The Bertz CT molecular complexity index is 710. The Morgan fingerprint density at radius 1 is 1.32 bits per heavy atom. The van der Waals surface area contributed by atoms with Crippen LogP contribution < -0.4 is 5.32 Å². The molecule has 2 nitrogen and oxygen atoms in total. The Balaban J connectivity index is 0.000000257. The zero-order chi connectivity index (χ0) is 18.7. The number of ketones is 1. The Labute approximate surface area is 159 Å². The van der Waals surface area contributed by atoms with Gasteiger partial charge in [-0.25, -0.2) is 0 Å². The van der Waals surface area contributed by atoms with E-state index in [0.29, 0.717) is 10.4 Å². The normalized spacial score (nSPS) is 16.0. The lowest BCUT2D eigenvalue weighted by Gasteiger charge is -2.00. The molecule has 25 heavy (non-hydrogen) atoms. The lowest BCUT2D eigenvalue weighted by molar-refractivity contribution is -0.113. The Morgan fingerprint density at radius 2 is 2.04 bits per heavy atom. The molecule has 1 aliphatic carbocycles. The van der Waals surface area contributed by atoms with Gasteiger partial charge in [-0.05, 0) is 37.6 Å². The monoisotopic (exact) mass is 399 g/mol. The number of halogens is 1. The third-order valence-electron chi connectivity index (χ3n) is 3.58. The minimum absolute atomic E-state index is 0.00911. The molecule has 0 aliphatic heterocycles. The number of alkyl halides is 1. The van der Waals surface area contributed by atoms with Gasteiger partial charge in [0.15, 0.2) is 5.78 Å². The van der Waals surface area contributed by atoms with Crippen molar-refractivity contribution in [3.8, 4) is 0 Å². The fourth-order valence-electron chi connectivity index (χ4n) is 2.07. The molecule has 1 atom stereocenters. The zero-order valence-corrected chi connectivity index (χ0v) is 16.7. The summed E-state index contributed by atoms with van der Waals surface area (Å²) in [6.45, 7) is 8.15. The number of likely N-dealkylation sites (N-methyl/N-ethyl adjacent to an activating group) is 1. The molecule has 1 aromatic rings. The number of carbonyl (C=O) groups excluding carboxylic acids is 1. The van der Waals surface area contributed by atoms with Crippen molar-refractivity contribution in [3.63, 3.8) is 0 Å². The van der Waals surface area contributed by atoms with Gasteiger partial charge in [-0.3, -0.25) is 4.79 Å². The lowest BCUT2D eigenvalue weighted by atomic mass is 10.1. The first kappa shape index (κ1) is 21.1. The molecule has 1 unspecified atom stereocenters. The van der Waals surface area contributed by atoms with E-state index < -0.39 is 0 Å². The van der Waals surface area contributed by atoms with Crippen molar-refractivity contribution >= 4 is 27.8 Å². The van der Waals surface area contributed by atoms with Crippen molar-refractivity contribution in [2.24, 2.45) is 0 Å². The van der Waals surface area contributed by atoms with Crippen LogP contribution in [0.5, 0.6) is 0 Å². The SMILES string of the molecule is C=C(/C=C\c1ccccc1C)C(C)=O.CNCC1=CC(Br)C=CC=C1. The van der Waals surface area contributed by atoms with Crippen LogP contribution in [0, 0.1) is 6.92 Å². The van der Waals surface area contributed by atoms with Gasteiger partial charge in [0.05, 0.1) is 4.83 Å². The first-order valence-corrected chi connectivity index (χ1v) is 9.13. The summed E-state index contributed by atoms with van der Waals surface area (Å²) in [6.07, 6.45) is 14.2. The number of nitrogens with one attached hydrogen (secondary N) is 1. The minimum Gasteiger partial charge on any atom is -0.316 e. The van der Waals surface area contributed by atoms with Crippen molar-refractivity contribution in [1.82, 2.24) is 5.32 Å². The number of Topliss-reactive ketones (excluding diaryl/α,β-unsaturated/α-hetero) is 1. The molecule has 0 bridgehead atoms. The number of rotatable bonds is 5. The fourth-order valence-corrected chi connectivity index (χ4v) is 2.58. The van der Waals surface area contributed by atoms with E-state index in [4.69, 9.17) is 0 Å². The largest absolute Gasteiger partial charge is 0.316 e. The summed E-state index contributed by atoms with van der Waals surface area (Å²) < 4.78 is 0. The molecule has 0 radical (unpaired) electrons. The average molecular weight is 400 g/mol. The molecular weight excluding hydrogens is 374 g/mol. The van der Waals surface area contributed by atoms with Crippen LogP contribution in [-0.4, -0.2) is 24.2 Å². The molecule has 1 aromatic carbocycles. The van der Waals surface area contributed by atoms with Crippen LogP contribution in [0.4, 0.5) is 0 Å². The molecular formula is C22H26BrNO. The molecule has 2 rings (SSSR count). The summed E-state index contributed by atoms with van der Waals surface area (Å²) >= 11 is 3.52. The van der Waals surface area contributed by atoms with Crippen molar-refractivity contribution < 1.29 is 4.79 Å². The van der Waals surface area contributed by atoms with E-state index in [2.05, 4.69) is 58.2 Å². The number of benzene rings is 1. The topological polar surface area (TPSA) is 29.1 Å². The minimum atomic E-state index is 0.00911. The Kier molecular flexibility index (Phi) is 9.75. The van der Waals surface area contributed by atoms with E-state index in [1.807, 2.05) is 44.3 Å². The highest BCUT2D eigenvalue weighted by Gasteiger charge is 1.98. The first-order chi connectivity index (χ1) is 11.9. The first-order valence-electron chi connectivity index (χ1n) is 8.22. The summed E-state index contributed by atoms with van der Waals surface area (Å²) in [4.78, 5) is 11.3. The summed E-state index contributed by atoms with van der Waals surface area (Å²) in [5, 5.41) is 3.12. The highest BCUT2D eigenvalue weighted by molar-refractivity contribution is 9.09. The van der Waals surface area contributed by atoms with Gasteiger partial charge >= 0.3 is 0 Å². The van der Waals surface area contributed by atoms with Gasteiger partial charge in [0.2, 0.25) is 0 Å². The summed E-state index contributed by atoms with van der Waals surface area (Å²) in [7, 11) is 1.95. The van der Waals surface area contributed by atoms with Gasteiger partial charge in [-0.2, -0.15) is 0 Å². The number of aryl methyl sites for hydroxylation is 1. The summed E-state index contributed by atoms with van der Waals surface area (Å²) in [6, 6.07) is 8.02. The molecule has 0 saturated carbocycles. The number of carbonyl (C=O) groups is 1. The quantitative estimate of drug-likeness (QED) is 0.420. The van der Waals surface area contributed by atoms with Crippen molar-refractivity contribution in [2.45, 2.75) is 18.7 Å². The van der Waals surface area contributed by atoms with Crippen molar-refractivity contribution in [3.05, 3.63) is 89.6 Å². The standard InChI is InChI=1S/C13H14O.C9H12BrN/c1-10(12(3)14)8-9-13-7-5-4-6-11(13)2;1-11-7-8-4-2-3-5-9(10)6-8/h4-9H,1H2,2-3H3;2-6,9,11H,7H2,1H3/b9-8-;. The second-order valence-electron chi connectivity index (χ2n) is 5.73. The van der Waals surface area contributed by atoms with Crippen LogP contribution in [0.1, 0.15) is 18.1 Å². The zero-order valence-electron chi connectivity index (χ0n) is 15.1. The van der Waals surface area contributed by atoms with Gasteiger partial charge in [0, 0.05) is 12.1 Å². The molecule has 0 amide bonds. The van der Waals surface area contributed by atoms with Crippen molar-refractivity contribution in [2.75, 3.05) is 13.6 Å². The highest BCUT2D eigenvalue weighted by Crippen LogP contribution is 2.11. The maximum atomic E-state index is 10.9. The second kappa shape index (κ2) is 11.6. The van der Waals surface area contributed by atoms with E-state index in [1.54, 1.807) is 6.08 Å². The van der Waals surface area contributed by atoms with Crippen LogP contribution in [0.25, 0.3) is 6.08 Å². The maximum Gasteiger partial charge on any atom is 0.159 e. The van der Waals surface area contributed by atoms with Crippen LogP contribution >= 0.6 is 15.9 Å². The molecule has 1 aliphatic rings. The fraction of sp³-hybridized carbons (Fsp3) is 0.227. The second-order valence-corrected chi connectivity index (χ2v) is 6.79. The Hall–Kier alpha value is -1.97. The van der Waals surface area contributed by atoms with E-state index in [1.165, 1.54) is 18.1 Å².